The number of fused-ring (bicyclic) bond motifs is 1. The number of benzene rings is 2. The lowest BCUT2D eigenvalue weighted by Gasteiger charge is -2.32. The molecule has 2 aromatic heterocycles. The van der Waals surface area contributed by atoms with Gasteiger partial charge >= 0.3 is 0 Å². The Kier molecular flexibility index (Phi) is 5.66. The van der Waals surface area contributed by atoms with Gasteiger partial charge in [-0.2, -0.15) is 0 Å². The Morgan fingerprint density at radius 1 is 1.00 bits per heavy atom. The lowest BCUT2D eigenvalue weighted by atomic mass is 10.0. The predicted molar refractivity (Wildman–Crippen MR) is 133 cm³/mol. The third-order valence-electron chi connectivity index (χ3n) is 6.71. The molecule has 1 fully saturated rings. The molecule has 1 saturated heterocycles. The van der Waals surface area contributed by atoms with Gasteiger partial charge in [-0.05, 0) is 42.7 Å². The maximum Gasteiger partial charge on any atom is 0.275 e. The highest BCUT2D eigenvalue weighted by molar-refractivity contribution is 5.79. The predicted octanol–water partition coefficient (Wildman–Crippen LogP) is 4.23. The van der Waals surface area contributed by atoms with Crippen LogP contribution in [0.1, 0.15) is 24.9 Å². The molecule has 1 atom stereocenters. The van der Waals surface area contributed by atoms with Crippen LogP contribution < -0.4 is 10.9 Å². The molecule has 4 heterocycles. The topological polar surface area (TPSA) is 83.2 Å². The van der Waals surface area contributed by atoms with Crippen LogP contribution in [0.2, 0.25) is 0 Å². The van der Waals surface area contributed by atoms with Crippen LogP contribution in [0.5, 0.6) is 0 Å². The van der Waals surface area contributed by atoms with Gasteiger partial charge in [0.15, 0.2) is 0 Å². The lowest BCUT2D eigenvalue weighted by Crippen LogP contribution is -2.43. The SMILES string of the molecule is C[C@@H](Nc1nccc(-c2c(-c3ccc(F)cc3)c(=O)n3n2CC2(C3)OCCCO2)n1)c1ccccc1. The Morgan fingerprint density at radius 2 is 1.72 bits per heavy atom. The van der Waals surface area contributed by atoms with Crippen LogP contribution in [-0.4, -0.2) is 38.3 Å². The summed E-state index contributed by atoms with van der Waals surface area (Å²) in [5, 5.41) is 3.35. The number of rotatable bonds is 5. The molecule has 1 spiro atoms. The molecule has 0 unspecified atom stereocenters. The summed E-state index contributed by atoms with van der Waals surface area (Å²) in [6.45, 7) is 3.84. The highest BCUT2D eigenvalue weighted by Crippen LogP contribution is 2.36. The second kappa shape index (κ2) is 9.00. The Morgan fingerprint density at radius 3 is 2.47 bits per heavy atom. The molecule has 0 aliphatic carbocycles. The molecule has 2 aliphatic rings. The summed E-state index contributed by atoms with van der Waals surface area (Å²) in [4.78, 5) is 22.9. The lowest BCUT2D eigenvalue weighted by molar-refractivity contribution is -0.267. The number of aromatic nitrogens is 4. The smallest absolute Gasteiger partial charge is 0.275 e. The summed E-state index contributed by atoms with van der Waals surface area (Å²) in [6.07, 6.45) is 2.49. The minimum atomic E-state index is -0.872. The third-order valence-corrected chi connectivity index (χ3v) is 6.71. The number of nitrogens with one attached hydrogen (secondary N) is 1. The molecule has 0 radical (unpaired) electrons. The van der Waals surface area contributed by atoms with Crippen LogP contribution in [0.25, 0.3) is 22.5 Å². The highest BCUT2D eigenvalue weighted by atomic mass is 19.1. The Balaban J connectivity index is 1.44. The standard InChI is InChI=1S/C27H26FN5O3/c1-18(19-6-3-2-4-7-19)30-26-29-13-12-22(31-26)24-23(20-8-10-21(28)11-9-20)25(34)33-17-27(16-32(24)33)35-14-5-15-36-27/h2-4,6-13,18H,5,14-17H2,1H3,(H,29,30,31)/t18-/m1/s1. The van der Waals surface area contributed by atoms with E-state index in [1.54, 1.807) is 29.1 Å². The first-order chi connectivity index (χ1) is 17.5. The Bertz CT molecular complexity index is 1440. The number of ether oxygens (including phenoxy) is 2. The van der Waals surface area contributed by atoms with Gasteiger partial charge in [0, 0.05) is 6.20 Å². The average molecular weight is 488 g/mol. The summed E-state index contributed by atoms with van der Waals surface area (Å²) in [7, 11) is 0. The molecule has 6 rings (SSSR count). The van der Waals surface area contributed by atoms with Crippen LogP contribution in [0, 0.1) is 5.82 Å². The molecule has 2 aliphatic heterocycles. The van der Waals surface area contributed by atoms with Crippen molar-refractivity contribution in [3.8, 4) is 22.5 Å². The van der Waals surface area contributed by atoms with Crippen molar-refractivity contribution in [3.63, 3.8) is 0 Å². The summed E-state index contributed by atoms with van der Waals surface area (Å²) in [6, 6.07) is 17.7. The van der Waals surface area contributed by atoms with Crippen LogP contribution in [0.3, 0.4) is 0 Å². The maximum absolute atomic E-state index is 13.7. The van der Waals surface area contributed by atoms with Crippen molar-refractivity contribution in [3.05, 3.63) is 88.6 Å². The van der Waals surface area contributed by atoms with Gasteiger partial charge in [-0.1, -0.05) is 42.5 Å². The summed E-state index contributed by atoms with van der Waals surface area (Å²) in [5.41, 5.74) is 3.19. The normalized spacial score (nSPS) is 17.2. The van der Waals surface area contributed by atoms with Crippen molar-refractivity contribution < 1.29 is 13.9 Å². The molecule has 36 heavy (non-hydrogen) atoms. The van der Waals surface area contributed by atoms with Crippen molar-refractivity contribution in [1.82, 2.24) is 19.3 Å². The fourth-order valence-electron chi connectivity index (χ4n) is 4.93. The van der Waals surface area contributed by atoms with E-state index < -0.39 is 5.79 Å². The molecular weight excluding hydrogens is 461 g/mol. The summed E-state index contributed by atoms with van der Waals surface area (Å²) < 4.78 is 29.2. The molecule has 4 aromatic rings. The van der Waals surface area contributed by atoms with Crippen molar-refractivity contribution in [2.75, 3.05) is 18.5 Å². The van der Waals surface area contributed by atoms with Crippen LogP contribution in [0.15, 0.2) is 71.7 Å². The van der Waals surface area contributed by atoms with Gasteiger partial charge < -0.3 is 14.8 Å². The zero-order valence-corrected chi connectivity index (χ0v) is 19.9. The quantitative estimate of drug-likeness (QED) is 0.454. The van der Waals surface area contributed by atoms with E-state index in [0.717, 1.165) is 12.0 Å². The minimum Gasteiger partial charge on any atom is -0.348 e. The van der Waals surface area contributed by atoms with E-state index in [0.29, 0.717) is 48.2 Å². The average Bonchev–Trinajstić information content (AvgIpc) is 3.38. The van der Waals surface area contributed by atoms with Gasteiger partial charge in [-0.3, -0.25) is 9.48 Å². The molecule has 184 valence electrons. The van der Waals surface area contributed by atoms with Gasteiger partial charge in [-0.25, -0.2) is 19.0 Å². The monoisotopic (exact) mass is 487 g/mol. The van der Waals surface area contributed by atoms with Gasteiger partial charge in [0.2, 0.25) is 11.7 Å². The second-order valence-electron chi connectivity index (χ2n) is 9.15. The molecule has 2 aromatic carbocycles. The maximum atomic E-state index is 13.7. The van der Waals surface area contributed by atoms with E-state index in [9.17, 15) is 9.18 Å². The minimum absolute atomic E-state index is 0.0206. The number of hydrogen-bond donors (Lipinski definition) is 1. The zero-order chi connectivity index (χ0) is 24.7. The van der Waals surface area contributed by atoms with Crippen LogP contribution in [-0.2, 0) is 22.6 Å². The molecule has 0 saturated carbocycles. The van der Waals surface area contributed by atoms with E-state index in [-0.39, 0.29) is 24.0 Å². The number of hydrogen-bond acceptors (Lipinski definition) is 6. The van der Waals surface area contributed by atoms with E-state index in [1.165, 1.54) is 12.1 Å². The first-order valence-electron chi connectivity index (χ1n) is 12.1. The summed E-state index contributed by atoms with van der Waals surface area (Å²) >= 11 is 0. The van der Waals surface area contributed by atoms with E-state index >= 15 is 0 Å². The molecule has 1 N–H and O–H groups in total. The van der Waals surface area contributed by atoms with Crippen molar-refractivity contribution in [2.45, 2.75) is 38.3 Å². The first kappa shape index (κ1) is 22.6. The van der Waals surface area contributed by atoms with Crippen LogP contribution in [0.4, 0.5) is 10.3 Å². The van der Waals surface area contributed by atoms with Crippen molar-refractivity contribution in [2.24, 2.45) is 0 Å². The fraction of sp³-hybridized carbons (Fsp3) is 0.296. The van der Waals surface area contributed by atoms with Gasteiger partial charge in [0.05, 0.1) is 49.3 Å². The van der Waals surface area contributed by atoms with Crippen molar-refractivity contribution >= 4 is 5.95 Å². The first-order valence-corrected chi connectivity index (χ1v) is 12.1. The summed E-state index contributed by atoms with van der Waals surface area (Å²) in [5.74, 6) is -0.790. The number of anilines is 1. The number of nitrogens with zero attached hydrogens (tertiary/aromatic N) is 4. The molecule has 9 heteroatoms. The van der Waals surface area contributed by atoms with E-state index in [2.05, 4.69) is 10.3 Å². The second-order valence-corrected chi connectivity index (χ2v) is 9.15. The van der Waals surface area contributed by atoms with Gasteiger partial charge in [0.25, 0.3) is 5.56 Å². The van der Waals surface area contributed by atoms with Crippen LogP contribution >= 0.6 is 0 Å². The highest BCUT2D eigenvalue weighted by Gasteiger charge is 2.44. The van der Waals surface area contributed by atoms with E-state index in [1.807, 2.05) is 41.9 Å². The molecular formula is C27H26FN5O3. The molecule has 0 amide bonds. The van der Waals surface area contributed by atoms with Gasteiger partial charge in [0.1, 0.15) is 5.82 Å². The number of halogens is 1. The zero-order valence-electron chi connectivity index (χ0n) is 19.9. The fourth-order valence-corrected chi connectivity index (χ4v) is 4.93. The van der Waals surface area contributed by atoms with Gasteiger partial charge in [-0.15, -0.1) is 0 Å². The Labute approximate surface area is 207 Å². The molecule has 8 nitrogen and oxygen atoms in total. The van der Waals surface area contributed by atoms with E-state index in [4.69, 9.17) is 14.5 Å². The molecule has 0 bridgehead atoms. The largest absolute Gasteiger partial charge is 0.348 e. The van der Waals surface area contributed by atoms with Crippen molar-refractivity contribution in [1.29, 1.82) is 0 Å². The Hall–Kier alpha value is -3.82. The third kappa shape index (κ3) is 4.00.